The van der Waals surface area contributed by atoms with Gasteiger partial charge in [0.15, 0.2) is 5.75 Å². The summed E-state index contributed by atoms with van der Waals surface area (Å²) in [4.78, 5) is 0. The summed E-state index contributed by atoms with van der Waals surface area (Å²) < 4.78 is 0.615. The van der Waals surface area contributed by atoms with Gasteiger partial charge in [0.2, 0.25) is 0 Å². The van der Waals surface area contributed by atoms with Crippen LogP contribution >= 0.6 is 11.6 Å². The van der Waals surface area contributed by atoms with Gasteiger partial charge < -0.3 is 23.2 Å². The summed E-state index contributed by atoms with van der Waals surface area (Å²) in [6, 6.07) is 3.44. The van der Waals surface area contributed by atoms with Gasteiger partial charge >= 0.3 is 0 Å². The summed E-state index contributed by atoms with van der Waals surface area (Å²) in [5, 5.41) is 9.63. The first kappa shape index (κ1) is 13.4. The van der Waals surface area contributed by atoms with Gasteiger partial charge in [-0.1, -0.05) is 11.6 Å². The number of nitrogens with two attached hydrogens (primary N) is 1. The molecule has 0 bridgehead atoms. The van der Waals surface area contributed by atoms with Crippen LogP contribution in [0.1, 0.15) is 0 Å². The van der Waals surface area contributed by atoms with Crippen LogP contribution in [0.3, 0.4) is 0 Å². The second-order valence-corrected chi connectivity index (χ2v) is 4.29. The van der Waals surface area contributed by atoms with E-state index in [1.54, 1.807) is 12.1 Å². The lowest BCUT2D eigenvalue weighted by molar-refractivity contribution is -0.00000384. The fourth-order valence-electron chi connectivity index (χ4n) is 0.993. The number of phenols is 1. The maximum absolute atomic E-state index is 9.33. The molecule has 1 aromatic rings. The Morgan fingerprint density at radius 3 is 2.14 bits per heavy atom. The molecule has 0 heterocycles. The largest absolute Gasteiger partial charge is 1.00 e. The lowest BCUT2D eigenvalue weighted by atomic mass is 10.2. The number of aromatic hydroxyl groups is 1. The van der Waals surface area contributed by atoms with Crippen LogP contribution in [0.15, 0.2) is 12.1 Å². The van der Waals surface area contributed by atoms with Crippen molar-refractivity contribution in [1.82, 2.24) is 4.48 Å². The number of phenolic OH excluding ortho intramolecular Hbond substituents is 1. The van der Waals surface area contributed by atoms with E-state index in [2.05, 4.69) is 0 Å². The van der Waals surface area contributed by atoms with Gasteiger partial charge in [-0.25, -0.2) is 0 Å². The van der Waals surface area contributed by atoms with E-state index in [4.69, 9.17) is 17.3 Å². The summed E-state index contributed by atoms with van der Waals surface area (Å²) in [6.45, 7) is 0. The Morgan fingerprint density at radius 2 is 1.79 bits per heavy atom. The van der Waals surface area contributed by atoms with Gasteiger partial charge in [0.25, 0.3) is 0 Å². The molecule has 0 aliphatic heterocycles. The van der Waals surface area contributed by atoms with E-state index in [-0.39, 0.29) is 18.2 Å². The van der Waals surface area contributed by atoms with Crippen molar-refractivity contribution in [3.05, 3.63) is 17.2 Å². The van der Waals surface area contributed by atoms with Crippen LogP contribution in [0, 0.1) is 0 Å². The lowest BCUT2D eigenvalue weighted by Gasteiger charge is -2.24. The van der Waals surface area contributed by atoms with Gasteiger partial charge in [-0.3, -0.25) is 4.48 Å². The van der Waals surface area contributed by atoms with Gasteiger partial charge in [-0.05, 0) is 0 Å². The Balaban J connectivity index is 0.00000169. The minimum atomic E-state index is -0.0427. The van der Waals surface area contributed by atoms with E-state index in [0.29, 0.717) is 15.2 Å². The predicted molar refractivity (Wildman–Crippen MR) is 57.1 cm³/mol. The third-order valence-corrected chi connectivity index (χ3v) is 2.14. The monoisotopic (exact) mass is 236 g/mol. The van der Waals surface area contributed by atoms with Crippen molar-refractivity contribution in [1.29, 1.82) is 0 Å². The van der Waals surface area contributed by atoms with Gasteiger partial charge in [0.05, 0.1) is 31.9 Å². The van der Waals surface area contributed by atoms with Crippen LogP contribution in [-0.4, -0.2) is 26.2 Å². The molecule has 0 aliphatic rings. The van der Waals surface area contributed by atoms with Crippen LogP contribution < -0.4 is 22.6 Å². The van der Waals surface area contributed by atoms with Crippen LogP contribution in [0.4, 0.5) is 11.4 Å². The van der Waals surface area contributed by atoms with Gasteiger partial charge in [-0.15, -0.1) is 0 Å². The quantitative estimate of drug-likeness (QED) is 0.367. The number of benzene rings is 1. The Bertz CT molecular complexity index is 311. The molecule has 0 spiro atoms. The average molecular weight is 237 g/mol. The maximum Gasteiger partial charge on any atom is 0.157 e. The Kier molecular flexibility index (Phi) is 4.06. The van der Waals surface area contributed by atoms with Crippen molar-refractivity contribution < 1.29 is 17.5 Å². The van der Waals surface area contributed by atoms with E-state index in [1.807, 2.05) is 21.1 Å². The maximum atomic E-state index is 9.33. The summed E-state index contributed by atoms with van der Waals surface area (Å²) in [5.41, 5.74) is 6.85. The summed E-state index contributed by atoms with van der Waals surface area (Å²) in [7, 11) is 6.01. The molecule has 0 saturated carbocycles. The van der Waals surface area contributed by atoms with E-state index < -0.39 is 0 Å². The van der Waals surface area contributed by atoms with Crippen molar-refractivity contribution in [2.24, 2.45) is 0 Å². The molecular formula is C9H14Cl2N2O. The van der Waals surface area contributed by atoms with Crippen LogP contribution in [-0.2, 0) is 0 Å². The molecule has 80 valence electrons. The molecule has 0 fully saturated rings. The number of nitrogen functional groups attached to an aromatic ring is 1. The second kappa shape index (κ2) is 4.26. The normalized spacial score (nSPS) is 10.9. The predicted octanol–water partition coefficient (Wildman–Crippen LogP) is -1.17. The molecule has 3 nitrogen and oxygen atoms in total. The molecule has 0 atom stereocenters. The highest BCUT2D eigenvalue weighted by Gasteiger charge is 2.16. The van der Waals surface area contributed by atoms with Crippen LogP contribution in [0.25, 0.3) is 0 Å². The molecule has 0 radical (unpaired) electrons. The Hall–Kier alpha value is -0.640. The molecule has 14 heavy (non-hydrogen) atoms. The van der Waals surface area contributed by atoms with E-state index in [1.165, 1.54) is 0 Å². The summed E-state index contributed by atoms with van der Waals surface area (Å²) in [5.74, 6) is -0.0427. The molecule has 0 unspecified atom stereocenters. The highest BCUT2D eigenvalue weighted by Crippen LogP contribution is 2.35. The third kappa shape index (κ3) is 2.67. The molecule has 1 rings (SSSR count). The Labute approximate surface area is 95.1 Å². The molecule has 3 N–H and O–H groups in total. The first-order chi connectivity index (χ1) is 5.82. The minimum absolute atomic E-state index is 0. The fraction of sp³-hybridized carbons (Fsp3) is 0.333. The number of quaternary nitrogens is 1. The molecule has 1 aromatic carbocycles. The highest BCUT2D eigenvalue weighted by atomic mass is 35.5. The summed E-state index contributed by atoms with van der Waals surface area (Å²) >= 11 is 5.79. The standard InChI is InChI=1S/C9H13ClN2O.ClH/c1-12(2,3)6-4-7(10)9(13)8(11)5-6;/h4-5H,11H2,1-3H3;1H. The Morgan fingerprint density at radius 1 is 1.29 bits per heavy atom. The molecule has 0 amide bonds. The van der Waals surface area contributed by atoms with Gasteiger partial charge in [0, 0.05) is 12.1 Å². The van der Waals surface area contributed by atoms with Crippen LogP contribution in [0.2, 0.25) is 5.02 Å². The number of halogens is 2. The summed E-state index contributed by atoms with van der Waals surface area (Å²) in [6.07, 6.45) is 0. The number of hydrogen-bond acceptors (Lipinski definition) is 2. The number of anilines is 1. The first-order valence-electron chi connectivity index (χ1n) is 3.92. The van der Waals surface area contributed by atoms with Crippen molar-refractivity contribution >= 4 is 23.0 Å². The SMILES string of the molecule is C[N+](C)(C)c1cc(N)c(O)c(Cl)c1.[Cl-]. The zero-order valence-corrected chi connectivity index (χ0v) is 9.89. The third-order valence-electron chi connectivity index (χ3n) is 1.85. The zero-order chi connectivity index (χ0) is 10.2. The smallest absolute Gasteiger partial charge is 0.157 e. The average Bonchev–Trinajstić information content (AvgIpc) is 1.97. The number of rotatable bonds is 1. The number of nitrogens with zero attached hydrogens (tertiary/aromatic N) is 1. The van der Waals surface area contributed by atoms with Crippen LogP contribution in [0.5, 0.6) is 5.75 Å². The first-order valence-corrected chi connectivity index (χ1v) is 4.30. The molecular weight excluding hydrogens is 223 g/mol. The van der Waals surface area contributed by atoms with Crippen molar-refractivity contribution in [2.45, 2.75) is 0 Å². The molecule has 5 heteroatoms. The fourth-order valence-corrected chi connectivity index (χ4v) is 1.21. The van der Waals surface area contributed by atoms with Crippen molar-refractivity contribution in [2.75, 3.05) is 26.9 Å². The van der Waals surface area contributed by atoms with E-state index in [9.17, 15) is 5.11 Å². The van der Waals surface area contributed by atoms with Gasteiger partial charge in [-0.2, -0.15) is 0 Å². The van der Waals surface area contributed by atoms with E-state index >= 15 is 0 Å². The topological polar surface area (TPSA) is 46.2 Å². The number of hydrogen-bond donors (Lipinski definition) is 2. The van der Waals surface area contributed by atoms with Crippen molar-refractivity contribution in [3.63, 3.8) is 0 Å². The molecule has 0 aromatic heterocycles. The highest BCUT2D eigenvalue weighted by molar-refractivity contribution is 6.32. The van der Waals surface area contributed by atoms with E-state index in [0.717, 1.165) is 5.69 Å². The lowest BCUT2D eigenvalue weighted by Crippen LogP contribution is -3.00. The van der Waals surface area contributed by atoms with Gasteiger partial charge in [0.1, 0.15) is 5.69 Å². The molecule has 0 saturated heterocycles. The minimum Gasteiger partial charge on any atom is -1.00 e. The zero-order valence-electron chi connectivity index (χ0n) is 8.38. The molecule has 0 aliphatic carbocycles. The van der Waals surface area contributed by atoms with Crippen molar-refractivity contribution in [3.8, 4) is 5.75 Å². The second-order valence-electron chi connectivity index (χ2n) is 3.88.